The molecular weight excluding hydrogens is 328 g/mol. The minimum atomic E-state index is -0.0783. The lowest BCUT2D eigenvalue weighted by Gasteiger charge is -2.25. The highest BCUT2D eigenvalue weighted by molar-refractivity contribution is 5.95. The molecule has 0 aliphatic carbocycles. The number of hydrogen-bond donors (Lipinski definition) is 1. The average Bonchev–Trinajstić information content (AvgIpc) is 3.17. The lowest BCUT2D eigenvalue weighted by atomic mass is 10.1. The minimum Gasteiger partial charge on any atom is -0.346 e. The molecule has 0 aliphatic rings. The van der Waals surface area contributed by atoms with Crippen LogP contribution in [0.25, 0.3) is 11.4 Å². The van der Waals surface area contributed by atoms with Gasteiger partial charge in [-0.15, -0.1) is 5.10 Å². The van der Waals surface area contributed by atoms with E-state index in [9.17, 15) is 4.79 Å². The zero-order valence-corrected chi connectivity index (χ0v) is 15.3. The van der Waals surface area contributed by atoms with Crippen molar-refractivity contribution in [3.8, 4) is 11.4 Å². The Morgan fingerprint density at radius 3 is 2.62 bits per heavy atom. The average molecular weight is 350 g/mol. The third kappa shape index (κ3) is 3.56. The van der Waals surface area contributed by atoms with Crippen LogP contribution >= 0.6 is 0 Å². The normalized spacial score (nSPS) is 11.8. The van der Waals surface area contributed by atoms with Gasteiger partial charge in [-0.2, -0.15) is 4.98 Å². The molecule has 3 rings (SSSR count). The van der Waals surface area contributed by atoms with Crippen molar-refractivity contribution in [3.05, 3.63) is 59.9 Å². The molecule has 134 valence electrons. The maximum absolute atomic E-state index is 12.9. The van der Waals surface area contributed by atoms with Crippen LogP contribution in [0.3, 0.4) is 0 Å². The zero-order valence-electron chi connectivity index (χ0n) is 15.3. The van der Waals surface area contributed by atoms with Crippen LogP contribution in [0, 0.1) is 0 Å². The number of hydrogen-bond acceptors (Lipinski definition) is 5. The SMILES string of the molecule is CC(c1cccnc1)N(C)C(=O)c1cccc(-c2nc(N(C)C)n[nH]2)c1. The van der Waals surface area contributed by atoms with Crippen molar-refractivity contribution in [3.63, 3.8) is 0 Å². The molecule has 2 heterocycles. The van der Waals surface area contributed by atoms with Crippen LogP contribution in [-0.4, -0.2) is 52.1 Å². The summed E-state index contributed by atoms with van der Waals surface area (Å²) in [6, 6.07) is 11.2. The van der Waals surface area contributed by atoms with Crippen LogP contribution in [0.2, 0.25) is 0 Å². The van der Waals surface area contributed by atoms with Crippen LogP contribution in [-0.2, 0) is 0 Å². The van der Waals surface area contributed by atoms with E-state index >= 15 is 0 Å². The Kier molecular flexibility index (Phi) is 4.97. The first kappa shape index (κ1) is 17.6. The molecule has 7 heteroatoms. The van der Waals surface area contributed by atoms with E-state index < -0.39 is 0 Å². The van der Waals surface area contributed by atoms with Gasteiger partial charge in [0.2, 0.25) is 5.95 Å². The Morgan fingerprint density at radius 2 is 1.96 bits per heavy atom. The standard InChI is InChI=1S/C19H22N6O/c1-13(16-9-6-10-20-12-16)25(4)18(26)15-8-5-7-14(11-15)17-21-19(23-22-17)24(2)3/h5-13H,1-4H3,(H,21,22,23). The molecule has 1 amide bonds. The second kappa shape index (κ2) is 7.35. The second-order valence-corrected chi connectivity index (χ2v) is 6.34. The highest BCUT2D eigenvalue weighted by atomic mass is 16.2. The number of H-pyrrole nitrogens is 1. The molecule has 1 aromatic carbocycles. The van der Waals surface area contributed by atoms with Crippen molar-refractivity contribution in [1.82, 2.24) is 25.1 Å². The highest BCUT2D eigenvalue weighted by Crippen LogP contribution is 2.22. The van der Waals surface area contributed by atoms with Crippen molar-refractivity contribution < 1.29 is 4.79 Å². The summed E-state index contributed by atoms with van der Waals surface area (Å²) in [5, 5.41) is 7.07. The maximum Gasteiger partial charge on any atom is 0.254 e. The van der Waals surface area contributed by atoms with E-state index in [4.69, 9.17) is 0 Å². The van der Waals surface area contributed by atoms with Crippen LogP contribution in [0.4, 0.5) is 5.95 Å². The molecule has 2 aromatic heterocycles. The Bertz CT molecular complexity index is 890. The summed E-state index contributed by atoms with van der Waals surface area (Å²) >= 11 is 0. The topological polar surface area (TPSA) is 78.0 Å². The van der Waals surface area contributed by atoms with Gasteiger partial charge in [0, 0.05) is 44.7 Å². The third-order valence-electron chi connectivity index (χ3n) is 4.32. The highest BCUT2D eigenvalue weighted by Gasteiger charge is 2.20. The fraction of sp³-hybridized carbons (Fsp3) is 0.263. The predicted octanol–water partition coefficient (Wildman–Crippen LogP) is 2.77. The molecule has 0 fully saturated rings. The molecule has 3 aromatic rings. The first-order valence-corrected chi connectivity index (χ1v) is 8.34. The smallest absolute Gasteiger partial charge is 0.254 e. The van der Waals surface area contributed by atoms with Gasteiger partial charge in [-0.1, -0.05) is 18.2 Å². The van der Waals surface area contributed by atoms with Crippen LogP contribution in [0.5, 0.6) is 0 Å². The van der Waals surface area contributed by atoms with Gasteiger partial charge in [0.1, 0.15) is 0 Å². The van der Waals surface area contributed by atoms with Crippen molar-refractivity contribution in [2.75, 3.05) is 26.0 Å². The van der Waals surface area contributed by atoms with E-state index in [1.165, 1.54) is 0 Å². The third-order valence-corrected chi connectivity index (χ3v) is 4.32. The summed E-state index contributed by atoms with van der Waals surface area (Å²) in [6.45, 7) is 1.98. The molecule has 7 nitrogen and oxygen atoms in total. The quantitative estimate of drug-likeness (QED) is 0.765. The van der Waals surface area contributed by atoms with Crippen molar-refractivity contribution in [1.29, 1.82) is 0 Å². The number of benzene rings is 1. The molecular formula is C19H22N6O. The predicted molar refractivity (Wildman–Crippen MR) is 101 cm³/mol. The Morgan fingerprint density at radius 1 is 1.15 bits per heavy atom. The number of aromatic amines is 1. The van der Waals surface area contributed by atoms with Gasteiger partial charge in [0.25, 0.3) is 5.91 Å². The lowest BCUT2D eigenvalue weighted by molar-refractivity contribution is 0.0742. The number of rotatable bonds is 5. The number of nitrogens with one attached hydrogen (secondary N) is 1. The maximum atomic E-state index is 12.9. The van der Waals surface area contributed by atoms with Gasteiger partial charge < -0.3 is 9.80 Å². The monoisotopic (exact) mass is 350 g/mol. The molecule has 0 saturated carbocycles. The summed E-state index contributed by atoms with van der Waals surface area (Å²) in [5.74, 6) is 1.17. The number of anilines is 1. The molecule has 0 aliphatic heterocycles. The van der Waals surface area contributed by atoms with E-state index in [0.29, 0.717) is 17.3 Å². The fourth-order valence-electron chi connectivity index (χ4n) is 2.61. The molecule has 0 spiro atoms. The molecule has 0 bridgehead atoms. The van der Waals surface area contributed by atoms with E-state index in [2.05, 4.69) is 20.2 Å². The number of aromatic nitrogens is 4. The van der Waals surface area contributed by atoms with Gasteiger partial charge >= 0.3 is 0 Å². The number of carbonyl (C=O) groups is 1. The second-order valence-electron chi connectivity index (χ2n) is 6.34. The fourth-order valence-corrected chi connectivity index (χ4v) is 2.61. The van der Waals surface area contributed by atoms with Gasteiger partial charge in [-0.25, -0.2) is 0 Å². The number of carbonyl (C=O) groups excluding carboxylic acids is 1. The summed E-state index contributed by atoms with van der Waals surface area (Å²) < 4.78 is 0. The van der Waals surface area contributed by atoms with Crippen molar-refractivity contribution in [2.24, 2.45) is 0 Å². The number of nitrogens with zero attached hydrogens (tertiary/aromatic N) is 5. The van der Waals surface area contributed by atoms with Crippen LogP contribution in [0.15, 0.2) is 48.8 Å². The number of pyridine rings is 1. The first-order chi connectivity index (χ1) is 12.5. The van der Waals surface area contributed by atoms with Crippen LogP contribution < -0.4 is 4.90 Å². The lowest BCUT2D eigenvalue weighted by Crippen LogP contribution is -2.29. The molecule has 0 saturated heterocycles. The summed E-state index contributed by atoms with van der Waals surface area (Å²) in [6.07, 6.45) is 3.50. The van der Waals surface area contributed by atoms with Gasteiger partial charge in [0.05, 0.1) is 6.04 Å². The van der Waals surface area contributed by atoms with E-state index in [0.717, 1.165) is 11.1 Å². The molecule has 26 heavy (non-hydrogen) atoms. The molecule has 1 atom stereocenters. The number of amides is 1. The largest absolute Gasteiger partial charge is 0.346 e. The zero-order chi connectivity index (χ0) is 18.7. The molecule has 1 unspecified atom stereocenters. The van der Waals surface area contributed by atoms with Crippen molar-refractivity contribution in [2.45, 2.75) is 13.0 Å². The van der Waals surface area contributed by atoms with E-state index in [1.807, 2.05) is 62.3 Å². The van der Waals surface area contributed by atoms with Crippen molar-refractivity contribution >= 4 is 11.9 Å². The van der Waals surface area contributed by atoms with Gasteiger partial charge in [-0.3, -0.25) is 14.9 Å². The summed E-state index contributed by atoms with van der Waals surface area (Å²) in [7, 11) is 5.55. The minimum absolute atomic E-state index is 0.0597. The Balaban J connectivity index is 1.83. The molecule has 1 N–H and O–H groups in total. The van der Waals surface area contributed by atoms with Gasteiger partial charge in [-0.05, 0) is 30.7 Å². The Hall–Kier alpha value is -3.22. The summed E-state index contributed by atoms with van der Waals surface area (Å²) in [4.78, 5) is 25.0. The summed E-state index contributed by atoms with van der Waals surface area (Å²) in [5.41, 5.74) is 2.41. The molecule has 0 radical (unpaired) electrons. The Labute approximate surface area is 152 Å². The van der Waals surface area contributed by atoms with E-state index in [1.54, 1.807) is 24.3 Å². The van der Waals surface area contributed by atoms with E-state index in [-0.39, 0.29) is 11.9 Å². The van der Waals surface area contributed by atoms with Gasteiger partial charge in [0.15, 0.2) is 5.82 Å². The first-order valence-electron chi connectivity index (χ1n) is 8.34. The van der Waals surface area contributed by atoms with Crippen LogP contribution in [0.1, 0.15) is 28.9 Å².